The molecule has 0 saturated carbocycles. The summed E-state index contributed by atoms with van der Waals surface area (Å²) in [5.41, 5.74) is 51.6. The van der Waals surface area contributed by atoms with Crippen LogP contribution in [0.25, 0.3) is 201 Å². The van der Waals surface area contributed by atoms with Crippen molar-refractivity contribution < 1.29 is 0 Å². The Morgan fingerprint density at radius 1 is 0.131 bits per heavy atom. The van der Waals surface area contributed by atoms with Crippen molar-refractivity contribution in [3.8, 4) is 201 Å². The monoisotopic (exact) mass is 1560 g/mol. The van der Waals surface area contributed by atoms with E-state index in [4.69, 9.17) is 29.9 Å². The van der Waals surface area contributed by atoms with Crippen molar-refractivity contribution in [3.63, 3.8) is 0 Å². The molecular weight excluding hydrogens is 1480 g/mol. The van der Waals surface area contributed by atoms with Crippen LogP contribution in [-0.2, 0) is 51.4 Å². The minimum atomic E-state index is 0.850. The van der Waals surface area contributed by atoms with Crippen LogP contribution in [0.1, 0.15) is 44.5 Å². The van der Waals surface area contributed by atoms with Gasteiger partial charge < -0.3 is 0 Å². The fourth-order valence-corrected chi connectivity index (χ4v) is 19.8. The highest BCUT2D eigenvalue weighted by Gasteiger charge is 2.27. The Balaban J connectivity index is 0.576. The third kappa shape index (κ3) is 13.2. The van der Waals surface area contributed by atoms with Crippen molar-refractivity contribution in [1.82, 2.24) is 29.9 Å². The second-order valence-corrected chi connectivity index (χ2v) is 32.8. The van der Waals surface area contributed by atoms with Gasteiger partial charge in [-0.05, 0) is 296 Å². The molecule has 6 heteroatoms. The molecule has 0 fully saturated rings. The van der Waals surface area contributed by atoms with Crippen LogP contribution in [0, 0.1) is 0 Å². The molecule has 0 amide bonds. The molecule has 19 aromatic rings. The maximum absolute atomic E-state index is 4.94. The second kappa shape index (κ2) is 30.6. The maximum Gasteiger partial charge on any atom is 0.116 e. The molecule has 14 aromatic carbocycles. The van der Waals surface area contributed by atoms with Gasteiger partial charge in [0.05, 0.1) is 34.2 Å². The van der Waals surface area contributed by atoms with Crippen molar-refractivity contribution >= 4 is 0 Å². The molecule has 122 heavy (non-hydrogen) atoms. The predicted molar refractivity (Wildman–Crippen MR) is 501 cm³/mol. The van der Waals surface area contributed by atoms with E-state index in [1.807, 2.05) is 24.8 Å². The normalized spacial score (nSPS) is 12.7. The number of aryl methyl sites for hydroxylation is 8. The van der Waals surface area contributed by atoms with Crippen molar-refractivity contribution in [2.45, 2.75) is 51.4 Å². The van der Waals surface area contributed by atoms with E-state index in [9.17, 15) is 0 Å². The van der Waals surface area contributed by atoms with Gasteiger partial charge in [-0.1, -0.05) is 291 Å². The predicted octanol–water partition coefficient (Wildman–Crippen LogP) is 28.5. The maximum atomic E-state index is 4.94. The Hall–Kier alpha value is -15.2. The molecule has 0 radical (unpaired) electrons. The SMILES string of the molecule is c1cnc2c(c1)CCc1cc(-c3ccccc3-c3cc(-c4ccccc4-c4ccc(-c5cc(-c6ccc(-c7ccccc7-c7cc(-c8ccccc8-c8ccc9c(c8)CCc8cccnc8-9)cc(-c8ccccc8-c8ccc9c(c8)CCc8cccnc8-9)c7)cc6)ncn5)cc4)cc(-c4ccccc4-c4ccc5c(c4)CCc4cccnc4-5)c3)ccc1-2. The first-order chi connectivity index (χ1) is 60.4. The zero-order valence-electron chi connectivity index (χ0n) is 67.3. The van der Waals surface area contributed by atoms with Gasteiger partial charge in [0, 0.05) is 58.2 Å². The van der Waals surface area contributed by atoms with Crippen LogP contribution >= 0.6 is 0 Å². The van der Waals surface area contributed by atoms with Crippen LogP contribution in [0.2, 0.25) is 0 Å². The van der Waals surface area contributed by atoms with Crippen LogP contribution in [0.3, 0.4) is 0 Å². The summed E-state index contributed by atoms with van der Waals surface area (Å²) >= 11 is 0. The summed E-state index contributed by atoms with van der Waals surface area (Å²) in [6.45, 7) is 0. The first-order valence-electron chi connectivity index (χ1n) is 42.6. The van der Waals surface area contributed by atoms with E-state index in [-0.39, 0.29) is 0 Å². The van der Waals surface area contributed by atoms with Crippen molar-refractivity contribution in [3.05, 3.63) is 434 Å². The van der Waals surface area contributed by atoms with Gasteiger partial charge in [0.25, 0.3) is 0 Å². The molecule has 5 heterocycles. The lowest BCUT2D eigenvalue weighted by Crippen LogP contribution is -2.05. The Morgan fingerprint density at radius 3 is 0.566 bits per heavy atom. The van der Waals surface area contributed by atoms with Crippen molar-refractivity contribution in [2.24, 2.45) is 0 Å². The Bertz CT molecular complexity index is 6640. The molecule has 5 aromatic heterocycles. The number of nitrogens with zero attached hydrogens (tertiary/aromatic N) is 6. The number of hydrogen-bond acceptors (Lipinski definition) is 6. The lowest BCUT2D eigenvalue weighted by molar-refractivity contribution is 0.928. The highest BCUT2D eigenvalue weighted by atomic mass is 14.8. The lowest BCUT2D eigenvalue weighted by atomic mass is 9.83. The van der Waals surface area contributed by atoms with Crippen LogP contribution in [-0.4, -0.2) is 29.9 Å². The smallest absolute Gasteiger partial charge is 0.116 e. The average molecular weight is 1560 g/mol. The van der Waals surface area contributed by atoms with E-state index in [1.54, 1.807) is 6.33 Å². The van der Waals surface area contributed by atoms with Gasteiger partial charge in [-0.15, -0.1) is 0 Å². The molecule has 4 aliphatic carbocycles. The zero-order valence-corrected chi connectivity index (χ0v) is 67.3. The van der Waals surface area contributed by atoms with E-state index in [1.165, 1.54) is 134 Å². The second-order valence-electron chi connectivity index (χ2n) is 32.8. The summed E-state index contributed by atoms with van der Waals surface area (Å²) < 4.78 is 0. The molecule has 0 spiro atoms. The molecule has 6 nitrogen and oxygen atoms in total. The summed E-state index contributed by atoms with van der Waals surface area (Å²) in [4.78, 5) is 29.4. The Morgan fingerprint density at radius 2 is 0.328 bits per heavy atom. The summed E-state index contributed by atoms with van der Waals surface area (Å²) in [5, 5.41) is 0. The largest absolute Gasteiger partial charge is 0.256 e. The van der Waals surface area contributed by atoms with Crippen LogP contribution in [0.5, 0.6) is 0 Å². The molecule has 574 valence electrons. The minimum absolute atomic E-state index is 0.850. The summed E-state index contributed by atoms with van der Waals surface area (Å²) in [6.07, 6.45) is 17.2. The van der Waals surface area contributed by atoms with Gasteiger partial charge in [0.15, 0.2) is 0 Å². The standard InChI is InChI=1S/C116H80N6/c1-7-27-101(89-65-91(103-29-9-3-23-97(103)81-49-53-107-85(61-81)45-41-77-17-13-57-117-113(77)107)69-92(66-89)104-30-10-4-24-98(104)82-50-54-108-86(62-82)46-42-78-18-14-58-118-114(78)108)95(21-1)73-33-37-75(38-34-73)111-71-112(122-72-121-111)76-39-35-74(36-40-76)96-22-2-8-28-102(96)90-67-93(105-31-11-5-25-99(105)83-51-55-109-87(63-83)47-43-79-19-15-59-119-115(79)109)70-94(68-90)106-32-12-6-26-100(106)84-52-56-110-88(64-84)48-44-80-20-16-60-120-116(80)110/h1-40,49-72H,41-48H2. The number of benzene rings is 14. The molecule has 0 N–H and O–H groups in total. The molecule has 0 unspecified atom stereocenters. The summed E-state index contributed by atoms with van der Waals surface area (Å²) in [6, 6.07) is 133. The molecule has 0 atom stereocenters. The molecular formula is C116H80N6. The molecule has 0 bridgehead atoms. The summed E-state index contributed by atoms with van der Waals surface area (Å²) in [7, 11) is 0. The van der Waals surface area contributed by atoms with E-state index in [0.717, 1.165) is 163 Å². The lowest BCUT2D eigenvalue weighted by Gasteiger charge is -2.21. The Labute approximate surface area is 711 Å². The van der Waals surface area contributed by atoms with Gasteiger partial charge in [0.1, 0.15) is 6.33 Å². The van der Waals surface area contributed by atoms with Crippen LogP contribution in [0.4, 0.5) is 0 Å². The number of pyridine rings is 4. The van der Waals surface area contributed by atoms with E-state index in [2.05, 4.69) is 358 Å². The van der Waals surface area contributed by atoms with E-state index < -0.39 is 0 Å². The first kappa shape index (κ1) is 72.0. The average Bonchev–Trinajstić information content (AvgIpc) is 0.764. The number of rotatable bonds is 14. The molecule has 23 rings (SSSR count). The highest BCUT2D eigenvalue weighted by molar-refractivity contribution is 5.98. The van der Waals surface area contributed by atoms with Crippen LogP contribution in [0.15, 0.2) is 389 Å². The van der Waals surface area contributed by atoms with Crippen molar-refractivity contribution in [1.29, 1.82) is 0 Å². The number of aromatic nitrogens is 6. The molecule has 4 aliphatic rings. The highest BCUT2D eigenvalue weighted by Crippen LogP contribution is 2.49. The topological polar surface area (TPSA) is 77.3 Å². The third-order valence-corrected chi connectivity index (χ3v) is 25.9. The fraction of sp³-hybridized carbons (Fsp3) is 0.0690. The first-order valence-corrected chi connectivity index (χ1v) is 42.6. The number of hydrogen-bond donors (Lipinski definition) is 0. The summed E-state index contributed by atoms with van der Waals surface area (Å²) in [5.74, 6) is 0. The van der Waals surface area contributed by atoms with E-state index >= 15 is 0 Å². The third-order valence-electron chi connectivity index (χ3n) is 25.9. The minimum Gasteiger partial charge on any atom is -0.256 e. The fourth-order valence-electron chi connectivity index (χ4n) is 19.8. The van der Waals surface area contributed by atoms with Crippen molar-refractivity contribution in [2.75, 3.05) is 0 Å². The van der Waals surface area contributed by atoms with Gasteiger partial charge in [-0.2, -0.15) is 0 Å². The van der Waals surface area contributed by atoms with E-state index in [0.29, 0.717) is 0 Å². The van der Waals surface area contributed by atoms with Gasteiger partial charge in [-0.25, -0.2) is 9.97 Å². The molecule has 0 aliphatic heterocycles. The zero-order chi connectivity index (χ0) is 80.6. The van der Waals surface area contributed by atoms with Gasteiger partial charge >= 0.3 is 0 Å². The quantitative estimate of drug-likeness (QED) is 0.108. The number of fused-ring (bicyclic) bond motifs is 12. The van der Waals surface area contributed by atoms with Crippen LogP contribution < -0.4 is 0 Å². The molecule has 0 saturated heterocycles. The van der Waals surface area contributed by atoms with Gasteiger partial charge in [-0.3, -0.25) is 19.9 Å². The Kier molecular flexibility index (Phi) is 18.1. The van der Waals surface area contributed by atoms with Gasteiger partial charge in [0.2, 0.25) is 0 Å².